The number of nitrogens with two attached hydrogens (primary N) is 1. The van der Waals surface area contributed by atoms with Crippen LogP contribution in [-0.2, 0) is 6.42 Å². The summed E-state index contributed by atoms with van der Waals surface area (Å²) in [5, 5.41) is 6.54. The van der Waals surface area contributed by atoms with E-state index < -0.39 is 0 Å². The van der Waals surface area contributed by atoms with Crippen molar-refractivity contribution in [3.8, 4) is 0 Å². The summed E-state index contributed by atoms with van der Waals surface area (Å²) >= 11 is 2.27. The van der Waals surface area contributed by atoms with E-state index in [0.717, 1.165) is 17.8 Å². The van der Waals surface area contributed by atoms with Crippen LogP contribution in [-0.4, -0.2) is 9.97 Å². The fourth-order valence-corrected chi connectivity index (χ4v) is 2.70. The van der Waals surface area contributed by atoms with E-state index in [9.17, 15) is 0 Å². The van der Waals surface area contributed by atoms with Crippen LogP contribution >= 0.6 is 22.6 Å². The zero-order valence-corrected chi connectivity index (χ0v) is 15.4. The van der Waals surface area contributed by atoms with Crippen LogP contribution in [0.4, 0.5) is 28.7 Å². The first kappa shape index (κ1) is 16.5. The second kappa shape index (κ2) is 7.48. The molecule has 0 fully saturated rings. The zero-order chi connectivity index (χ0) is 16.9. The highest BCUT2D eigenvalue weighted by atomic mass is 127. The minimum Gasteiger partial charge on any atom is -0.393 e. The number of benzene rings is 2. The van der Waals surface area contributed by atoms with Crippen molar-refractivity contribution in [2.24, 2.45) is 0 Å². The lowest BCUT2D eigenvalue weighted by molar-refractivity contribution is 1.13. The van der Waals surface area contributed by atoms with Gasteiger partial charge in [0.15, 0.2) is 11.6 Å². The van der Waals surface area contributed by atoms with Crippen LogP contribution in [0.5, 0.6) is 0 Å². The predicted octanol–water partition coefficient (Wildman–Crippen LogP) is 4.71. The van der Waals surface area contributed by atoms with Gasteiger partial charge in [0.05, 0.1) is 0 Å². The number of hydrogen-bond acceptors (Lipinski definition) is 5. The third-order valence-electron chi connectivity index (χ3n) is 3.64. The summed E-state index contributed by atoms with van der Waals surface area (Å²) < 4.78 is 1.17. The second-order valence-electron chi connectivity index (χ2n) is 5.25. The van der Waals surface area contributed by atoms with Gasteiger partial charge in [-0.3, -0.25) is 0 Å². The van der Waals surface area contributed by atoms with Crippen molar-refractivity contribution in [2.45, 2.75) is 13.3 Å². The molecule has 0 saturated heterocycles. The quantitative estimate of drug-likeness (QED) is 0.510. The van der Waals surface area contributed by atoms with Crippen molar-refractivity contribution in [2.75, 3.05) is 16.4 Å². The number of aryl methyl sites for hydroxylation is 1. The maximum atomic E-state index is 6.25. The first-order chi connectivity index (χ1) is 11.7. The minimum atomic E-state index is 0.488. The van der Waals surface area contributed by atoms with E-state index in [1.54, 1.807) is 0 Å². The number of nitrogen functional groups attached to an aromatic ring is 1. The monoisotopic (exact) mass is 431 g/mol. The smallest absolute Gasteiger partial charge is 0.159 e. The van der Waals surface area contributed by atoms with E-state index >= 15 is 0 Å². The third-order valence-corrected chi connectivity index (χ3v) is 4.36. The highest BCUT2D eigenvalue weighted by Crippen LogP contribution is 2.29. The van der Waals surface area contributed by atoms with Crippen LogP contribution in [0.1, 0.15) is 12.5 Å². The number of halogens is 1. The molecule has 2 aromatic carbocycles. The topological polar surface area (TPSA) is 75.9 Å². The largest absolute Gasteiger partial charge is 0.393 e. The lowest BCUT2D eigenvalue weighted by atomic mass is 10.1. The fraction of sp³-hybridized carbons (Fsp3) is 0.111. The van der Waals surface area contributed by atoms with Gasteiger partial charge in [-0.25, -0.2) is 9.97 Å². The average molecular weight is 431 g/mol. The molecule has 0 amide bonds. The van der Waals surface area contributed by atoms with Crippen LogP contribution in [0.15, 0.2) is 54.9 Å². The molecule has 0 spiro atoms. The number of rotatable bonds is 5. The summed E-state index contributed by atoms with van der Waals surface area (Å²) in [6.45, 7) is 2.12. The van der Waals surface area contributed by atoms with Gasteiger partial charge in [-0.1, -0.05) is 25.1 Å². The molecule has 0 bridgehead atoms. The van der Waals surface area contributed by atoms with E-state index in [4.69, 9.17) is 5.73 Å². The number of anilines is 5. The van der Waals surface area contributed by atoms with Gasteiger partial charge in [-0.2, -0.15) is 0 Å². The first-order valence-electron chi connectivity index (χ1n) is 7.65. The van der Waals surface area contributed by atoms with Gasteiger partial charge in [-0.05, 0) is 64.9 Å². The summed E-state index contributed by atoms with van der Waals surface area (Å²) in [6.07, 6.45) is 2.43. The highest BCUT2D eigenvalue weighted by Gasteiger charge is 2.10. The maximum absolute atomic E-state index is 6.25. The first-order valence-corrected chi connectivity index (χ1v) is 8.73. The van der Waals surface area contributed by atoms with Crippen LogP contribution in [0.3, 0.4) is 0 Å². The molecular formula is C18H18IN5. The normalized spacial score (nSPS) is 10.4. The molecule has 1 aromatic heterocycles. The van der Waals surface area contributed by atoms with Crippen LogP contribution in [0, 0.1) is 3.57 Å². The van der Waals surface area contributed by atoms with Crippen molar-refractivity contribution >= 4 is 51.3 Å². The van der Waals surface area contributed by atoms with Crippen molar-refractivity contribution < 1.29 is 0 Å². The Hall–Kier alpha value is -2.35. The molecule has 1 heterocycles. The summed E-state index contributed by atoms with van der Waals surface area (Å²) in [5.74, 6) is 1.18. The van der Waals surface area contributed by atoms with Gasteiger partial charge in [0.2, 0.25) is 0 Å². The minimum absolute atomic E-state index is 0.488. The molecule has 6 heteroatoms. The van der Waals surface area contributed by atoms with Crippen molar-refractivity contribution in [3.63, 3.8) is 0 Å². The molecule has 3 aromatic rings. The predicted molar refractivity (Wildman–Crippen MR) is 108 cm³/mol. The van der Waals surface area contributed by atoms with Crippen LogP contribution in [0.25, 0.3) is 0 Å². The van der Waals surface area contributed by atoms with Gasteiger partial charge in [-0.15, -0.1) is 0 Å². The molecular weight excluding hydrogens is 413 g/mol. The summed E-state index contributed by atoms with van der Waals surface area (Å²) in [4.78, 5) is 8.53. The van der Waals surface area contributed by atoms with E-state index in [0.29, 0.717) is 17.3 Å². The number of nitrogens with zero attached hydrogens (tertiary/aromatic N) is 2. The maximum Gasteiger partial charge on any atom is 0.159 e. The van der Waals surface area contributed by atoms with Gasteiger partial charge in [0.25, 0.3) is 0 Å². The summed E-state index contributed by atoms with van der Waals surface area (Å²) in [5.41, 5.74) is 9.88. The number of para-hydroxylation sites is 1. The Morgan fingerprint density at radius 2 is 1.62 bits per heavy atom. The molecule has 0 atom stereocenters. The average Bonchev–Trinajstić information content (AvgIpc) is 2.61. The Bertz CT molecular complexity index is 833. The fourth-order valence-electron chi connectivity index (χ4n) is 2.34. The van der Waals surface area contributed by atoms with E-state index in [-0.39, 0.29) is 0 Å². The zero-order valence-electron chi connectivity index (χ0n) is 13.3. The lowest BCUT2D eigenvalue weighted by Crippen LogP contribution is -2.06. The van der Waals surface area contributed by atoms with Gasteiger partial charge in [0, 0.05) is 14.9 Å². The van der Waals surface area contributed by atoms with Crippen LogP contribution < -0.4 is 16.4 Å². The van der Waals surface area contributed by atoms with Crippen molar-refractivity contribution in [1.82, 2.24) is 9.97 Å². The van der Waals surface area contributed by atoms with Crippen molar-refractivity contribution in [1.29, 1.82) is 0 Å². The number of nitrogens with one attached hydrogen (secondary N) is 2. The highest BCUT2D eigenvalue weighted by molar-refractivity contribution is 14.1. The molecule has 0 aliphatic rings. The summed E-state index contributed by atoms with van der Waals surface area (Å²) in [6, 6.07) is 16.2. The lowest BCUT2D eigenvalue weighted by Gasteiger charge is -2.14. The molecule has 3 rings (SSSR count). The SMILES string of the molecule is CCc1ccccc1Nc1ncnc(Nc2ccc(I)cc2)c1N. The van der Waals surface area contributed by atoms with E-state index in [1.807, 2.05) is 42.5 Å². The summed E-state index contributed by atoms with van der Waals surface area (Å²) in [7, 11) is 0. The second-order valence-corrected chi connectivity index (χ2v) is 6.50. The molecule has 5 nitrogen and oxygen atoms in total. The molecule has 4 N–H and O–H groups in total. The van der Waals surface area contributed by atoms with E-state index in [1.165, 1.54) is 15.5 Å². The Morgan fingerprint density at radius 3 is 2.33 bits per heavy atom. The Labute approximate surface area is 154 Å². The molecule has 122 valence electrons. The molecule has 0 unspecified atom stereocenters. The van der Waals surface area contributed by atoms with E-state index in [2.05, 4.69) is 56.2 Å². The molecule has 0 aliphatic heterocycles. The van der Waals surface area contributed by atoms with Crippen LogP contribution in [0.2, 0.25) is 0 Å². The Balaban J connectivity index is 1.86. The molecule has 24 heavy (non-hydrogen) atoms. The number of hydrogen-bond donors (Lipinski definition) is 3. The number of aromatic nitrogens is 2. The van der Waals surface area contributed by atoms with Crippen molar-refractivity contribution in [3.05, 3.63) is 64.0 Å². The van der Waals surface area contributed by atoms with Gasteiger partial charge in [0.1, 0.15) is 12.0 Å². The molecule has 0 saturated carbocycles. The third kappa shape index (κ3) is 3.76. The molecule has 0 aliphatic carbocycles. The molecule has 0 radical (unpaired) electrons. The van der Waals surface area contributed by atoms with Gasteiger partial charge < -0.3 is 16.4 Å². The Kier molecular flexibility index (Phi) is 5.14. The van der Waals surface area contributed by atoms with Gasteiger partial charge >= 0.3 is 0 Å². The Morgan fingerprint density at radius 1 is 0.958 bits per heavy atom. The standard InChI is InChI=1S/C18H18IN5/c1-2-12-5-3-4-6-15(12)24-18-16(20)17(21-11-22-18)23-14-9-7-13(19)8-10-14/h3-11H,2,20H2,1H3,(H2,21,22,23,24).